The lowest BCUT2D eigenvalue weighted by Crippen LogP contribution is -2.04. The molecule has 2 aromatic carbocycles. The monoisotopic (exact) mass is 414 g/mol. The van der Waals surface area contributed by atoms with Crippen LogP contribution in [0.15, 0.2) is 48.5 Å². The fourth-order valence-electron chi connectivity index (χ4n) is 2.91. The maximum atomic E-state index is 11.9. The SMILES string of the molecule is O=C(O)c1nn(-c2ccccc2Cl)c(-c2ccc(Cl)cc2)c1Cc1nn[nH]n1. The van der Waals surface area contributed by atoms with Crippen molar-refractivity contribution in [2.45, 2.75) is 6.42 Å². The average molecular weight is 415 g/mol. The number of tetrazole rings is 1. The number of carbonyl (C=O) groups is 1. The number of aromatic nitrogens is 6. The van der Waals surface area contributed by atoms with Crippen LogP contribution in [0, 0.1) is 0 Å². The molecule has 0 bridgehead atoms. The van der Waals surface area contributed by atoms with Crippen LogP contribution >= 0.6 is 23.2 Å². The molecule has 2 N–H and O–H groups in total. The van der Waals surface area contributed by atoms with Crippen molar-refractivity contribution < 1.29 is 9.90 Å². The van der Waals surface area contributed by atoms with E-state index < -0.39 is 5.97 Å². The Morgan fingerprint density at radius 2 is 1.86 bits per heavy atom. The Hall–Kier alpha value is -3.23. The molecule has 0 aliphatic carbocycles. The van der Waals surface area contributed by atoms with Crippen LogP contribution in [0.3, 0.4) is 0 Å². The summed E-state index contributed by atoms with van der Waals surface area (Å²) in [6.45, 7) is 0. The lowest BCUT2D eigenvalue weighted by molar-refractivity contribution is 0.0689. The number of para-hydroxylation sites is 1. The highest BCUT2D eigenvalue weighted by atomic mass is 35.5. The zero-order chi connectivity index (χ0) is 19.7. The summed E-state index contributed by atoms with van der Waals surface area (Å²) in [7, 11) is 0. The molecule has 8 nitrogen and oxygen atoms in total. The summed E-state index contributed by atoms with van der Waals surface area (Å²) < 4.78 is 1.52. The van der Waals surface area contributed by atoms with Gasteiger partial charge >= 0.3 is 5.97 Å². The molecule has 0 fully saturated rings. The van der Waals surface area contributed by atoms with Crippen LogP contribution < -0.4 is 0 Å². The number of nitrogens with zero attached hydrogens (tertiary/aromatic N) is 5. The molecule has 0 unspecified atom stereocenters. The Morgan fingerprint density at radius 3 is 2.50 bits per heavy atom. The molecular weight excluding hydrogens is 403 g/mol. The second kappa shape index (κ2) is 7.41. The number of aromatic carboxylic acids is 1. The van der Waals surface area contributed by atoms with Gasteiger partial charge in [0.15, 0.2) is 11.5 Å². The van der Waals surface area contributed by atoms with E-state index in [4.69, 9.17) is 23.2 Å². The first-order valence-corrected chi connectivity index (χ1v) is 8.88. The Bertz CT molecular complexity index is 1140. The van der Waals surface area contributed by atoms with Crippen molar-refractivity contribution in [2.75, 3.05) is 0 Å². The zero-order valence-corrected chi connectivity index (χ0v) is 15.7. The van der Waals surface area contributed by atoms with Gasteiger partial charge in [0.1, 0.15) is 0 Å². The van der Waals surface area contributed by atoms with E-state index in [2.05, 4.69) is 25.7 Å². The minimum absolute atomic E-state index is 0.116. The maximum Gasteiger partial charge on any atom is 0.356 e. The highest BCUT2D eigenvalue weighted by molar-refractivity contribution is 6.32. The summed E-state index contributed by atoms with van der Waals surface area (Å²) >= 11 is 12.4. The molecule has 2 heterocycles. The first-order valence-electron chi connectivity index (χ1n) is 8.13. The van der Waals surface area contributed by atoms with Crippen molar-refractivity contribution in [1.29, 1.82) is 0 Å². The Kier molecular flexibility index (Phi) is 4.81. The van der Waals surface area contributed by atoms with Crippen LogP contribution in [0.4, 0.5) is 0 Å². The van der Waals surface area contributed by atoms with E-state index >= 15 is 0 Å². The van der Waals surface area contributed by atoms with Crippen molar-refractivity contribution in [3.63, 3.8) is 0 Å². The quantitative estimate of drug-likeness (QED) is 0.515. The predicted octanol–water partition coefficient (Wildman–Crippen LogP) is 3.65. The summed E-state index contributed by atoms with van der Waals surface area (Å²) in [6.07, 6.45) is 0.126. The topological polar surface area (TPSA) is 110 Å². The second-order valence-corrected chi connectivity index (χ2v) is 6.70. The number of hydrogen-bond acceptors (Lipinski definition) is 5. The Balaban J connectivity index is 2.01. The number of aromatic amines is 1. The van der Waals surface area contributed by atoms with Gasteiger partial charge in [0.05, 0.1) is 16.4 Å². The normalized spacial score (nSPS) is 10.9. The molecule has 140 valence electrons. The number of hydrogen-bond donors (Lipinski definition) is 2. The number of halogens is 2. The largest absolute Gasteiger partial charge is 0.476 e. The van der Waals surface area contributed by atoms with Crippen LogP contribution in [0.1, 0.15) is 21.9 Å². The smallest absolute Gasteiger partial charge is 0.356 e. The van der Waals surface area contributed by atoms with Gasteiger partial charge in [-0.3, -0.25) is 0 Å². The van der Waals surface area contributed by atoms with Crippen LogP contribution in [-0.4, -0.2) is 41.5 Å². The van der Waals surface area contributed by atoms with Gasteiger partial charge < -0.3 is 5.11 Å². The summed E-state index contributed by atoms with van der Waals surface area (Å²) in [5, 5.41) is 28.9. The summed E-state index contributed by atoms with van der Waals surface area (Å²) in [5.74, 6) is -0.823. The third-order valence-electron chi connectivity index (χ3n) is 4.11. The van der Waals surface area contributed by atoms with Gasteiger partial charge in [0.2, 0.25) is 0 Å². The van der Waals surface area contributed by atoms with Crippen LogP contribution in [0.5, 0.6) is 0 Å². The molecule has 0 spiro atoms. The fourth-order valence-corrected chi connectivity index (χ4v) is 3.25. The fraction of sp³-hybridized carbons (Fsp3) is 0.0556. The summed E-state index contributed by atoms with van der Waals surface area (Å²) in [5.41, 5.74) is 2.16. The van der Waals surface area contributed by atoms with E-state index in [1.165, 1.54) is 4.68 Å². The highest BCUT2D eigenvalue weighted by Gasteiger charge is 2.26. The third kappa shape index (κ3) is 3.35. The van der Waals surface area contributed by atoms with Gasteiger partial charge in [-0.15, -0.1) is 10.2 Å². The van der Waals surface area contributed by atoms with Crippen LogP contribution in [0.2, 0.25) is 10.0 Å². The van der Waals surface area contributed by atoms with E-state index in [0.717, 1.165) is 5.56 Å². The van der Waals surface area contributed by atoms with Crippen LogP contribution in [-0.2, 0) is 6.42 Å². The number of nitrogens with one attached hydrogen (secondary N) is 1. The van der Waals surface area contributed by atoms with Crippen molar-refractivity contribution >= 4 is 29.2 Å². The number of H-pyrrole nitrogens is 1. The molecule has 4 rings (SSSR count). The number of rotatable bonds is 5. The second-order valence-electron chi connectivity index (χ2n) is 5.86. The van der Waals surface area contributed by atoms with Gasteiger partial charge in [-0.1, -0.05) is 52.7 Å². The summed E-state index contributed by atoms with van der Waals surface area (Å²) in [6, 6.07) is 14.1. The van der Waals surface area contributed by atoms with E-state index in [-0.39, 0.29) is 12.1 Å². The molecule has 0 saturated heterocycles. The number of carboxylic acids is 1. The van der Waals surface area contributed by atoms with Crippen molar-refractivity contribution in [3.8, 4) is 16.9 Å². The lowest BCUT2D eigenvalue weighted by Gasteiger charge is -2.11. The molecule has 0 aliphatic rings. The van der Waals surface area contributed by atoms with Crippen molar-refractivity contribution in [3.05, 3.63) is 75.7 Å². The lowest BCUT2D eigenvalue weighted by atomic mass is 10.0. The first-order chi connectivity index (χ1) is 13.5. The predicted molar refractivity (Wildman–Crippen MR) is 103 cm³/mol. The van der Waals surface area contributed by atoms with E-state index in [1.54, 1.807) is 48.5 Å². The molecular formula is C18H12Cl2N6O2. The van der Waals surface area contributed by atoms with E-state index in [1.807, 2.05) is 0 Å². The highest BCUT2D eigenvalue weighted by Crippen LogP contribution is 2.33. The minimum Gasteiger partial charge on any atom is -0.476 e. The standard InChI is InChI=1S/C18H12Cl2N6O2/c19-11-7-5-10(6-8-11)17-12(9-15-21-24-25-22-15)16(18(27)28)23-26(17)14-4-2-1-3-13(14)20/h1-8H,9H2,(H,27,28)(H,21,22,24,25). The molecule has 0 amide bonds. The van der Waals surface area contributed by atoms with Gasteiger partial charge in [-0.2, -0.15) is 10.3 Å². The summed E-state index contributed by atoms with van der Waals surface area (Å²) in [4.78, 5) is 11.9. The van der Waals surface area contributed by atoms with Gasteiger partial charge in [0.25, 0.3) is 0 Å². The Labute approximate surface area is 168 Å². The maximum absolute atomic E-state index is 11.9. The van der Waals surface area contributed by atoms with Gasteiger partial charge in [0, 0.05) is 22.6 Å². The van der Waals surface area contributed by atoms with E-state index in [0.29, 0.717) is 32.8 Å². The van der Waals surface area contributed by atoms with Crippen LogP contribution in [0.25, 0.3) is 16.9 Å². The molecule has 0 radical (unpaired) electrons. The molecule has 0 aliphatic heterocycles. The van der Waals surface area contributed by atoms with Gasteiger partial charge in [-0.25, -0.2) is 9.48 Å². The third-order valence-corrected chi connectivity index (χ3v) is 4.68. The molecule has 4 aromatic rings. The van der Waals surface area contributed by atoms with Crippen molar-refractivity contribution in [2.24, 2.45) is 0 Å². The molecule has 2 aromatic heterocycles. The van der Waals surface area contributed by atoms with Crippen molar-refractivity contribution in [1.82, 2.24) is 30.4 Å². The zero-order valence-electron chi connectivity index (χ0n) is 14.2. The molecule has 28 heavy (non-hydrogen) atoms. The number of carboxylic acid groups (broad SMARTS) is 1. The molecule has 10 heteroatoms. The number of benzene rings is 2. The Morgan fingerprint density at radius 1 is 1.11 bits per heavy atom. The first kappa shape index (κ1) is 18.1. The average Bonchev–Trinajstić information content (AvgIpc) is 3.31. The van der Waals surface area contributed by atoms with E-state index in [9.17, 15) is 9.90 Å². The molecule has 0 saturated carbocycles. The minimum atomic E-state index is -1.17. The van der Waals surface area contributed by atoms with Gasteiger partial charge in [-0.05, 0) is 24.3 Å². The molecule has 0 atom stereocenters.